The van der Waals surface area contributed by atoms with Crippen LogP contribution in [0.4, 0.5) is 5.69 Å². The van der Waals surface area contributed by atoms with E-state index in [2.05, 4.69) is 15.4 Å². The topological polar surface area (TPSA) is 37.0 Å². The Kier molecular flexibility index (Phi) is 5.02. The highest BCUT2D eigenvalue weighted by atomic mass is 35.5. The van der Waals surface area contributed by atoms with Gasteiger partial charge in [-0.2, -0.15) is 0 Å². The first-order valence-electron chi connectivity index (χ1n) is 2.45. The minimum Gasteiger partial charge on any atom is -0.308 e. The highest BCUT2D eigenvalue weighted by Crippen LogP contribution is 1.99. The molecular weight excluding hydrogens is 173 g/mol. The van der Waals surface area contributed by atoms with Gasteiger partial charge in [0.1, 0.15) is 0 Å². The van der Waals surface area contributed by atoms with E-state index in [-0.39, 0.29) is 12.4 Å². The number of hydrogen-bond donors (Lipinski definition) is 2. The Morgan fingerprint density at radius 1 is 1.30 bits per heavy atom. The summed E-state index contributed by atoms with van der Waals surface area (Å²) in [6.45, 7) is 0. The zero-order chi connectivity index (χ0) is 6.53. The quantitative estimate of drug-likeness (QED) is 0.535. The summed E-state index contributed by atoms with van der Waals surface area (Å²) in [4.78, 5) is 6.10. The predicted octanol–water partition coefficient (Wildman–Crippen LogP) is 1.57. The van der Waals surface area contributed by atoms with E-state index >= 15 is 0 Å². The molecule has 0 aliphatic rings. The average Bonchev–Trinajstić information content (AvgIpc) is 1.91. The minimum atomic E-state index is 0. The fourth-order valence-electron chi connectivity index (χ4n) is 0.490. The van der Waals surface area contributed by atoms with Crippen molar-refractivity contribution in [2.75, 3.05) is 5.43 Å². The van der Waals surface area contributed by atoms with Gasteiger partial charge in [-0.05, 0) is 23.9 Å². The lowest BCUT2D eigenvalue weighted by Crippen LogP contribution is -2.07. The molecular formula is C5H7Cl2N3. The van der Waals surface area contributed by atoms with Crippen molar-refractivity contribution >= 4 is 29.9 Å². The largest absolute Gasteiger partial charge is 0.308 e. The molecule has 0 amide bonds. The number of anilines is 1. The van der Waals surface area contributed by atoms with Gasteiger partial charge in [-0.25, -0.2) is 0 Å². The van der Waals surface area contributed by atoms with E-state index in [1.54, 1.807) is 24.5 Å². The monoisotopic (exact) mass is 179 g/mol. The van der Waals surface area contributed by atoms with Crippen LogP contribution in [0.2, 0.25) is 0 Å². The van der Waals surface area contributed by atoms with Crippen molar-refractivity contribution in [3.8, 4) is 0 Å². The Hall–Kier alpha value is -0.510. The van der Waals surface area contributed by atoms with Crippen LogP contribution in [0.15, 0.2) is 24.5 Å². The SMILES string of the molecule is Cl.ClNNc1ccncc1. The molecule has 1 aromatic heterocycles. The number of nitrogens with one attached hydrogen (secondary N) is 2. The van der Waals surface area contributed by atoms with Crippen LogP contribution >= 0.6 is 24.2 Å². The van der Waals surface area contributed by atoms with Crippen LogP contribution in [0.1, 0.15) is 0 Å². The molecule has 0 atom stereocenters. The smallest absolute Gasteiger partial charge is 0.0530 e. The van der Waals surface area contributed by atoms with Crippen molar-refractivity contribution in [1.82, 2.24) is 9.93 Å². The average molecular weight is 180 g/mol. The van der Waals surface area contributed by atoms with Crippen molar-refractivity contribution < 1.29 is 0 Å². The third kappa shape index (κ3) is 2.87. The van der Waals surface area contributed by atoms with Crippen LogP contribution in [0.5, 0.6) is 0 Å². The molecule has 0 spiro atoms. The van der Waals surface area contributed by atoms with Crippen molar-refractivity contribution in [2.24, 2.45) is 0 Å². The lowest BCUT2D eigenvalue weighted by atomic mass is 10.4. The van der Waals surface area contributed by atoms with Gasteiger partial charge in [-0.1, -0.05) is 0 Å². The molecule has 0 aliphatic heterocycles. The summed E-state index contributed by atoms with van der Waals surface area (Å²) >= 11 is 5.15. The number of hydrogen-bond acceptors (Lipinski definition) is 3. The third-order valence-electron chi connectivity index (χ3n) is 0.872. The fourth-order valence-corrected chi connectivity index (χ4v) is 0.599. The summed E-state index contributed by atoms with van der Waals surface area (Å²) < 4.78 is 0. The maximum Gasteiger partial charge on any atom is 0.0530 e. The normalized spacial score (nSPS) is 8.10. The predicted molar refractivity (Wildman–Crippen MR) is 44.1 cm³/mol. The number of rotatable bonds is 2. The molecule has 0 saturated heterocycles. The van der Waals surface area contributed by atoms with E-state index in [1.807, 2.05) is 0 Å². The van der Waals surface area contributed by atoms with Gasteiger partial charge in [-0.15, -0.1) is 17.4 Å². The van der Waals surface area contributed by atoms with E-state index in [9.17, 15) is 0 Å². The molecule has 10 heavy (non-hydrogen) atoms. The lowest BCUT2D eigenvalue weighted by molar-refractivity contribution is 1.19. The third-order valence-corrected chi connectivity index (χ3v) is 0.966. The summed E-state index contributed by atoms with van der Waals surface area (Å²) in [6, 6.07) is 3.60. The molecule has 56 valence electrons. The number of aromatic nitrogens is 1. The molecule has 0 aromatic carbocycles. The number of pyridine rings is 1. The maximum absolute atomic E-state index is 5.15. The van der Waals surface area contributed by atoms with Crippen LogP contribution in [-0.4, -0.2) is 4.98 Å². The highest BCUT2D eigenvalue weighted by molar-refractivity contribution is 6.13. The van der Waals surface area contributed by atoms with Gasteiger partial charge in [0.2, 0.25) is 0 Å². The second-order valence-corrected chi connectivity index (χ2v) is 1.64. The molecule has 1 aromatic rings. The van der Waals surface area contributed by atoms with Gasteiger partial charge in [0, 0.05) is 12.4 Å². The second kappa shape index (κ2) is 5.29. The van der Waals surface area contributed by atoms with E-state index in [0.29, 0.717) is 0 Å². The minimum absolute atomic E-state index is 0. The van der Waals surface area contributed by atoms with E-state index in [0.717, 1.165) is 5.69 Å². The molecule has 3 nitrogen and oxygen atoms in total. The van der Waals surface area contributed by atoms with Gasteiger partial charge < -0.3 is 5.43 Å². The van der Waals surface area contributed by atoms with Crippen LogP contribution in [0.3, 0.4) is 0 Å². The number of hydrazine groups is 1. The molecule has 1 rings (SSSR count). The summed E-state index contributed by atoms with van der Waals surface area (Å²) in [5, 5.41) is 0. The molecule has 0 bridgehead atoms. The van der Waals surface area contributed by atoms with Gasteiger partial charge in [0.15, 0.2) is 0 Å². The highest BCUT2D eigenvalue weighted by Gasteiger charge is 1.82. The first kappa shape index (κ1) is 9.49. The van der Waals surface area contributed by atoms with Gasteiger partial charge in [0.05, 0.1) is 5.69 Å². The molecule has 0 saturated carbocycles. The zero-order valence-corrected chi connectivity index (χ0v) is 6.62. The van der Waals surface area contributed by atoms with Crippen LogP contribution in [0.25, 0.3) is 0 Å². The molecule has 5 heteroatoms. The van der Waals surface area contributed by atoms with Crippen LogP contribution < -0.4 is 10.4 Å². The fraction of sp³-hybridized carbons (Fsp3) is 0. The Balaban J connectivity index is 0.000000810. The number of nitrogens with zero attached hydrogens (tertiary/aromatic N) is 1. The first-order valence-corrected chi connectivity index (χ1v) is 2.83. The van der Waals surface area contributed by atoms with Gasteiger partial charge >= 0.3 is 0 Å². The molecule has 0 fully saturated rings. The van der Waals surface area contributed by atoms with Crippen molar-refractivity contribution in [1.29, 1.82) is 0 Å². The van der Waals surface area contributed by atoms with Crippen molar-refractivity contribution in [3.05, 3.63) is 24.5 Å². The molecule has 0 radical (unpaired) electrons. The summed E-state index contributed by atoms with van der Waals surface area (Å²) in [6.07, 6.45) is 3.35. The van der Waals surface area contributed by atoms with Gasteiger partial charge in [0.25, 0.3) is 0 Å². The second-order valence-electron chi connectivity index (χ2n) is 1.46. The maximum atomic E-state index is 5.15. The Labute approximate surface area is 70.3 Å². The summed E-state index contributed by atoms with van der Waals surface area (Å²) in [7, 11) is 0. The standard InChI is InChI=1S/C5H6ClN3.ClH/c6-9-8-5-1-3-7-4-2-5;/h1-4,9H,(H,7,8);1H. The zero-order valence-electron chi connectivity index (χ0n) is 5.04. The summed E-state index contributed by atoms with van der Waals surface area (Å²) in [5.41, 5.74) is 3.57. The molecule has 1 heterocycles. The van der Waals surface area contributed by atoms with E-state index < -0.39 is 0 Å². The lowest BCUT2D eigenvalue weighted by Gasteiger charge is -1.98. The summed E-state index contributed by atoms with van der Waals surface area (Å²) in [5.74, 6) is 0. The van der Waals surface area contributed by atoms with Crippen LogP contribution in [-0.2, 0) is 0 Å². The van der Waals surface area contributed by atoms with E-state index in [4.69, 9.17) is 11.8 Å². The Bertz CT molecular complexity index is 168. The van der Waals surface area contributed by atoms with E-state index in [1.165, 1.54) is 0 Å². The first-order chi connectivity index (χ1) is 4.43. The number of halogens is 2. The van der Waals surface area contributed by atoms with Crippen molar-refractivity contribution in [2.45, 2.75) is 0 Å². The molecule has 2 N–H and O–H groups in total. The Morgan fingerprint density at radius 3 is 2.40 bits per heavy atom. The van der Waals surface area contributed by atoms with Crippen molar-refractivity contribution in [3.63, 3.8) is 0 Å². The van der Waals surface area contributed by atoms with Crippen LogP contribution in [0, 0.1) is 0 Å². The molecule has 0 unspecified atom stereocenters. The Morgan fingerprint density at radius 2 is 1.90 bits per heavy atom. The van der Waals surface area contributed by atoms with Gasteiger partial charge in [-0.3, -0.25) is 4.98 Å². The molecule has 0 aliphatic carbocycles.